The van der Waals surface area contributed by atoms with Gasteiger partial charge in [0.15, 0.2) is 9.84 Å². The quantitative estimate of drug-likeness (QED) is 0.912. The van der Waals surface area contributed by atoms with Crippen molar-refractivity contribution in [1.29, 1.82) is 0 Å². The van der Waals surface area contributed by atoms with Gasteiger partial charge in [-0.2, -0.15) is 0 Å². The van der Waals surface area contributed by atoms with Gasteiger partial charge in [-0.05, 0) is 12.5 Å². The Morgan fingerprint density at radius 1 is 0.840 bits per heavy atom. The lowest BCUT2D eigenvalue weighted by Crippen LogP contribution is -2.34. The number of fused-ring (bicyclic) bond motifs is 1. The molecule has 6 heteroatoms. The number of carbonyl (C=O) groups is 2. The smallest absolute Gasteiger partial charge is 0.211 e. The molecule has 2 aromatic rings. The number of carbonyl (C=O) groups excluding carboxylic acids is 2. The maximum absolute atomic E-state index is 12.8. The maximum Gasteiger partial charge on any atom is 0.211 e. The van der Waals surface area contributed by atoms with Crippen molar-refractivity contribution in [2.75, 3.05) is 6.26 Å². The fourth-order valence-electron chi connectivity index (χ4n) is 2.88. The summed E-state index contributed by atoms with van der Waals surface area (Å²) in [7, 11) is -3.88. The molecular formula is C19H17NO4S. The van der Waals surface area contributed by atoms with Gasteiger partial charge in [0.2, 0.25) is 11.6 Å². The van der Waals surface area contributed by atoms with E-state index in [1.165, 1.54) is 12.1 Å². The van der Waals surface area contributed by atoms with E-state index in [0.717, 1.165) is 11.8 Å². The number of Topliss-reactive ketones (excluding diaryl/α,β-unsaturated/α-hetero) is 2. The summed E-state index contributed by atoms with van der Waals surface area (Å²) in [5, 5.41) is 2.94. The van der Waals surface area contributed by atoms with Crippen molar-refractivity contribution < 1.29 is 18.0 Å². The molecular weight excluding hydrogens is 338 g/mol. The largest absolute Gasteiger partial charge is 0.374 e. The Morgan fingerprint density at radius 3 is 1.92 bits per heavy atom. The van der Waals surface area contributed by atoms with Crippen LogP contribution in [0.15, 0.2) is 65.2 Å². The van der Waals surface area contributed by atoms with E-state index < -0.39 is 26.3 Å². The molecule has 1 unspecified atom stereocenters. The maximum atomic E-state index is 12.8. The summed E-state index contributed by atoms with van der Waals surface area (Å²) >= 11 is 0. The highest BCUT2D eigenvalue weighted by atomic mass is 32.2. The number of ketones is 2. The molecule has 0 heterocycles. The molecule has 1 atom stereocenters. The van der Waals surface area contributed by atoms with Crippen molar-refractivity contribution in [3.8, 4) is 0 Å². The molecule has 1 aliphatic carbocycles. The Morgan fingerprint density at radius 2 is 1.36 bits per heavy atom. The van der Waals surface area contributed by atoms with E-state index in [1.807, 2.05) is 30.3 Å². The molecule has 0 aliphatic heterocycles. The Kier molecular flexibility index (Phi) is 4.30. The minimum absolute atomic E-state index is 0.117. The predicted molar refractivity (Wildman–Crippen MR) is 95.0 cm³/mol. The molecule has 0 bridgehead atoms. The summed E-state index contributed by atoms with van der Waals surface area (Å²) in [6.45, 7) is 1.81. The molecule has 3 rings (SSSR count). The second kappa shape index (κ2) is 6.29. The molecule has 0 amide bonds. The van der Waals surface area contributed by atoms with Crippen LogP contribution >= 0.6 is 0 Å². The summed E-state index contributed by atoms with van der Waals surface area (Å²) in [5.41, 5.74) is 1.04. The van der Waals surface area contributed by atoms with Gasteiger partial charge in [-0.1, -0.05) is 54.6 Å². The van der Waals surface area contributed by atoms with E-state index in [2.05, 4.69) is 5.32 Å². The highest BCUT2D eigenvalue weighted by molar-refractivity contribution is 7.95. The third kappa shape index (κ3) is 3.13. The zero-order chi connectivity index (χ0) is 18.2. The van der Waals surface area contributed by atoms with Crippen LogP contribution in [0.4, 0.5) is 0 Å². The Hall–Kier alpha value is -2.73. The number of benzene rings is 2. The van der Waals surface area contributed by atoms with E-state index in [9.17, 15) is 18.0 Å². The summed E-state index contributed by atoms with van der Waals surface area (Å²) in [4.78, 5) is 25.1. The van der Waals surface area contributed by atoms with Gasteiger partial charge in [-0.25, -0.2) is 8.42 Å². The molecule has 5 nitrogen and oxygen atoms in total. The van der Waals surface area contributed by atoms with Crippen molar-refractivity contribution in [2.45, 2.75) is 13.0 Å². The van der Waals surface area contributed by atoms with E-state index in [4.69, 9.17) is 0 Å². The van der Waals surface area contributed by atoms with Crippen LogP contribution in [0.1, 0.15) is 39.2 Å². The standard InChI is InChI=1S/C19H17NO4S/c1-12(13-8-4-3-5-9-13)20-16-17(21)14-10-6-7-11-15(14)18(22)19(16)25(2,23)24/h3-12,20H,1-2H3. The van der Waals surface area contributed by atoms with Crippen LogP contribution in [-0.2, 0) is 9.84 Å². The highest BCUT2D eigenvalue weighted by Gasteiger charge is 2.37. The van der Waals surface area contributed by atoms with E-state index in [1.54, 1.807) is 19.1 Å². The first-order chi connectivity index (χ1) is 11.8. The molecule has 25 heavy (non-hydrogen) atoms. The van der Waals surface area contributed by atoms with Crippen molar-refractivity contribution in [3.05, 3.63) is 81.9 Å². The lowest BCUT2D eigenvalue weighted by atomic mass is 9.92. The minimum atomic E-state index is -3.88. The van der Waals surface area contributed by atoms with Crippen LogP contribution in [-0.4, -0.2) is 26.2 Å². The fourth-order valence-corrected chi connectivity index (χ4v) is 3.85. The molecule has 2 aromatic carbocycles. The van der Waals surface area contributed by atoms with Crippen molar-refractivity contribution in [1.82, 2.24) is 5.32 Å². The van der Waals surface area contributed by atoms with Gasteiger partial charge >= 0.3 is 0 Å². The first-order valence-electron chi connectivity index (χ1n) is 7.75. The zero-order valence-corrected chi connectivity index (χ0v) is 14.6. The van der Waals surface area contributed by atoms with Crippen molar-refractivity contribution in [3.63, 3.8) is 0 Å². The van der Waals surface area contributed by atoms with Crippen molar-refractivity contribution >= 4 is 21.4 Å². The SMILES string of the molecule is CC(NC1=C(S(C)(=O)=O)C(=O)c2ccccc2C1=O)c1ccccc1. The third-order valence-corrected chi connectivity index (χ3v) is 5.24. The summed E-state index contributed by atoms with van der Waals surface area (Å²) in [5.74, 6) is -1.14. The Labute approximate surface area is 146 Å². The van der Waals surface area contributed by atoms with Crippen LogP contribution in [0.5, 0.6) is 0 Å². The summed E-state index contributed by atoms with van der Waals surface area (Å²) in [6, 6.07) is 15.2. The number of nitrogens with one attached hydrogen (secondary N) is 1. The summed E-state index contributed by atoms with van der Waals surface area (Å²) < 4.78 is 24.4. The molecule has 0 spiro atoms. The highest BCUT2D eigenvalue weighted by Crippen LogP contribution is 2.29. The zero-order valence-electron chi connectivity index (χ0n) is 13.8. The van der Waals surface area contributed by atoms with E-state index in [-0.39, 0.29) is 22.9 Å². The second-order valence-corrected chi connectivity index (χ2v) is 7.91. The number of hydrogen-bond donors (Lipinski definition) is 1. The minimum Gasteiger partial charge on any atom is -0.374 e. The van der Waals surface area contributed by atoms with Gasteiger partial charge in [0, 0.05) is 23.4 Å². The molecule has 1 N–H and O–H groups in total. The van der Waals surface area contributed by atoms with Crippen LogP contribution in [0.3, 0.4) is 0 Å². The Bertz CT molecular complexity index is 991. The Balaban J connectivity index is 2.13. The topological polar surface area (TPSA) is 80.3 Å². The van der Waals surface area contributed by atoms with Crippen LogP contribution in [0.2, 0.25) is 0 Å². The first-order valence-corrected chi connectivity index (χ1v) is 9.64. The van der Waals surface area contributed by atoms with Gasteiger partial charge in [0.05, 0.1) is 0 Å². The van der Waals surface area contributed by atoms with Crippen LogP contribution < -0.4 is 5.32 Å². The lowest BCUT2D eigenvalue weighted by molar-refractivity contribution is 0.0973. The number of sulfone groups is 1. The van der Waals surface area contributed by atoms with Crippen LogP contribution in [0, 0.1) is 0 Å². The number of allylic oxidation sites excluding steroid dienone is 2. The van der Waals surface area contributed by atoms with E-state index >= 15 is 0 Å². The van der Waals surface area contributed by atoms with Gasteiger partial charge in [-0.3, -0.25) is 9.59 Å². The van der Waals surface area contributed by atoms with Gasteiger partial charge in [0.25, 0.3) is 0 Å². The normalized spacial score (nSPS) is 15.8. The van der Waals surface area contributed by atoms with E-state index in [0.29, 0.717) is 0 Å². The second-order valence-electron chi connectivity index (χ2n) is 5.96. The molecule has 0 fully saturated rings. The average molecular weight is 355 g/mol. The van der Waals surface area contributed by atoms with Crippen LogP contribution in [0.25, 0.3) is 0 Å². The third-order valence-electron chi connectivity index (χ3n) is 4.11. The lowest BCUT2D eigenvalue weighted by Gasteiger charge is -2.24. The number of hydrogen-bond acceptors (Lipinski definition) is 5. The molecule has 0 aromatic heterocycles. The van der Waals surface area contributed by atoms with Gasteiger partial charge in [0.1, 0.15) is 10.6 Å². The number of rotatable bonds is 4. The molecule has 1 aliphatic rings. The predicted octanol–water partition coefficient (Wildman–Crippen LogP) is 2.67. The molecule has 0 saturated heterocycles. The summed E-state index contributed by atoms with van der Waals surface area (Å²) in [6.07, 6.45) is 0.941. The van der Waals surface area contributed by atoms with Crippen molar-refractivity contribution in [2.24, 2.45) is 0 Å². The molecule has 0 radical (unpaired) electrons. The first kappa shape index (κ1) is 17.1. The monoisotopic (exact) mass is 355 g/mol. The fraction of sp³-hybridized carbons (Fsp3) is 0.158. The molecule has 0 saturated carbocycles. The average Bonchev–Trinajstić information content (AvgIpc) is 2.59. The molecule has 128 valence electrons. The van der Waals surface area contributed by atoms with Gasteiger partial charge < -0.3 is 5.32 Å². The van der Waals surface area contributed by atoms with Gasteiger partial charge in [-0.15, -0.1) is 0 Å².